The number of alkyl halides is 2. The number of nitrogens with one attached hydrogen (secondary N) is 2. The molecule has 2 N–H and O–H groups in total. The first-order valence-electron chi connectivity index (χ1n) is 6.17. The van der Waals surface area contributed by atoms with Crippen molar-refractivity contribution in [2.45, 2.75) is 20.1 Å². The summed E-state index contributed by atoms with van der Waals surface area (Å²) in [6.45, 7) is 0.0659. The van der Waals surface area contributed by atoms with Gasteiger partial charge in [0, 0.05) is 25.7 Å². The summed E-state index contributed by atoms with van der Waals surface area (Å²) in [7, 11) is 3.14. The number of hydrogen-bond acceptors (Lipinski definition) is 3. The van der Waals surface area contributed by atoms with Gasteiger partial charge in [0.15, 0.2) is 5.96 Å². The number of rotatable bonds is 6. The molecule has 0 aromatic heterocycles. The molecule has 0 aliphatic rings. The summed E-state index contributed by atoms with van der Waals surface area (Å²) in [6, 6.07) is 4.67. The van der Waals surface area contributed by atoms with Crippen molar-refractivity contribution < 1.29 is 18.3 Å². The number of aliphatic imine (C=N–C) groups is 1. The summed E-state index contributed by atoms with van der Waals surface area (Å²) in [5.41, 5.74) is 0.559. The molecule has 0 unspecified atom stereocenters. The van der Waals surface area contributed by atoms with Crippen LogP contribution in [0.3, 0.4) is 0 Å². The van der Waals surface area contributed by atoms with Crippen molar-refractivity contribution in [3.05, 3.63) is 23.8 Å². The average Bonchev–Trinajstić information content (AvgIpc) is 2.44. The van der Waals surface area contributed by atoms with Gasteiger partial charge in [0.1, 0.15) is 11.5 Å². The van der Waals surface area contributed by atoms with Crippen molar-refractivity contribution in [1.29, 1.82) is 0 Å². The molecule has 5 nitrogen and oxygen atoms in total. The molecule has 0 fully saturated rings. The zero-order chi connectivity index (χ0) is 15.0. The van der Waals surface area contributed by atoms with Crippen LogP contribution in [0.15, 0.2) is 23.2 Å². The first-order valence-corrected chi connectivity index (χ1v) is 6.17. The Balaban J connectivity index is 0.00000400. The van der Waals surface area contributed by atoms with Gasteiger partial charge in [-0.1, -0.05) is 0 Å². The molecule has 0 saturated carbocycles. The smallest absolute Gasteiger partial charge is 0.387 e. The minimum absolute atomic E-state index is 0. The van der Waals surface area contributed by atoms with Gasteiger partial charge in [-0.15, -0.1) is 24.0 Å². The zero-order valence-corrected chi connectivity index (χ0v) is 14.5. The highest BCUT2D eigenvalue weighted by atomic mass is 127. The lowest BCUT2D eigenvalue weighted by molar-refractivity contribution is -0.0504. The maximum atomic E-state index is 12.4. The van der Waals surface area contributed by atoms with E-state index in [1.807, 2.05) is 6.92 Å². The third-order valence-electron chi connectivity index (χ3n) is 2.50. The van der Waals surface area contributed by atoms with Gasteiger partial charge in [0.25, 0.3) is 0 Å². The molecule has 8 heteroatoms. The highest BCUT2D eigenvalue weighted by Gasteiger charge is 2.11. The lowest BCUT2D eigenvalue weighted by Crippen LogP contribution is -2.36. The second-order valence-electron chi connectivity index (χ2n) is 3.81. The second kappa shape index (κ2) is 10.4. The van der Waals surface area contributed by atoms with Crippen LogP contribution in [0.25, 0.3) is 0 Å². The van der Waals surface area contributed by atoms with Crippen LogP contribution < -0.4 is 20.1 Å². The summed E-state index contributed by atoms with van der Waals surface area (Å²) in [5, 5.41) is 6.02. The van der Waals surface area contributed by atoms with Gasteiger partial charge in [-0.25, -0.2) is 0 Å². The van der Waals surface area contributed by atoms with Crippen molar-refractivity contribution in [3.8, 4) is 11.5 Å². The minimum atomic E-state index is -2.87. The fraction of sp³-hybridized carbons (Fsp3) is 0.462. The van der Waals surface area contributed by atoms with Gasteiger partial charge in [-0.05, 0) is 25.1 Å². The Morgan fingerprint density at radius 1 is 1.33 bits per heavy atom. The van der Waals surface area contributed by atoms with Crippen LogP contribution in [0, 0.1) is 0 Å². The highest BCUT2D eigenvalue weighted by Crippen LogP contribution is 2.25. The summed E-state index contributed by atoms with van der Waals surface area (Å²) < 4.78 is 34.3. The second-order valence-corrected chi connectivity index (χ2v) is 3.81. The van der Waals surface area contributed by atoms with Gasteiger partial charge in [0.2, 0.25) is 0 Å². The topological polar surface area (TPSA) is 54.9 Å². The Hall–Kier alpha value is -1.32. The predicted molar refractivity (Wildman–Crippen MR) is 88.9 cm³/mol. The Morgan fingerprint density at radius 3 is 2.57 bits per heavy atom. The van der Waals surface area contributed by atoms with E-state index in [9.17, 15) is 8.78 Å². The normalized spacial score (nSPS) is 10.9. The molecule has 0 amide bonds. The molecule has 1 rings (SSSR count). The predicted octanol–water partition coefficient (Wildman–Crippen LogP) is 2.60. The van der Waals surface area contributed by atoms with Gasteiger partial charge < -0.3 is 20.1 Å². The maximum Gasteiger partial charge on any atom is 0.387 e. The minimum Gasteiger partial charge on any atom is -0.497 e. The molecule has 1 aromatic rings. The molecule has 0 spiro atoms. The van der Waals surface area contributed by atoms with Crippen molar-refractivity contribution in [1.82, 2.24) is 10.6 Å². The summed E-state index contributed by atoms with van der Waals surface area (Å²) in [4.78, 5) is 4.00. The van der Waals surface area contributed by atoms with Crippen LogP contribution in [0.1, 0.15) is 12.5 Å². The van der Waals surface area contributed by atoms with Crippen molar-refractivity contribution in [2.75, 3.05) is 20.7 Å². The van der Waals surface area contributed by atoms with E-state index in [0.29, 0.717) is 30.4 Å². The molecule has 0 radical (unpaired) electrons. The van der Waals surface area contributed by atoms with Crippen LogP contribution in [0.4, 0.5) is 8.78 Å². The van der Waals surface area contributed by atoms with Crippen LogP contribution >= 0.6 is 24.0 Å². The number of nitrogens with zero attached hydrogens (tertiary/aromatic N) is 1. The molecule has 1 aromatic carbocycles. The molecular weight excluding hydrogens is 395 g/mol. The third-order valence-corrected chi connectivity index (χ3v) is 2.50. The number of methoxy groups -OCH3 is 1. The quantitative estimate of drug-likeness (QED) is 0.426. The molecule has 21 heavy (non-hydrogen) atoms. The Bertz CT molecular complexity index is 459. The van der Waals surface area contributed by atoms with Gasteiger partial charge in [-0.3, -0.25) is 4.99 Å². The standard InChI is InChI=1S/C13H19F2N3O2.HI/c1-4-17-13(16-2)18-8-9-7-10(19-3)5-6-11(9)20-12(14)15;/h5-7,12H,4,8H2,1-3H3,(H2,16,17,18);1H. The molecule has 0 heterocycles. The Morgan fingerprint density at radius 2 is 2.05 bits per heavy atom. The highest BCUT2D eigenvalue weighted by molar-refractivity contribution is 14.0. The number of ether oxygens (including phenoxy) is 2. The first-order chi connectivity index (χ1) is 9.60. The van der Waals surface area contributed by atoms with Crippen molar-refractivity contribution >= 4 is 29.9 Å². The van der Waals surface area contributed by atoms with E-state index in [1.54, 1.807) is 19.2 Å². The van der Waals surface area contributed by atoms with E-state index in [1.165, 1.54) is 13.2 Å². The fourth-order valence-electron chi connectivity index (χ4n) is 1.60. The number of guanidine groups is 1. The molecule has 0 bridgehead atoms. The lowest BCUT2D eigenvalue weighted by Gasteiger charge is -2.14. The lowest BCUT2D eigenvalue weighted by atomic mass is 10.2. The van der Waals surface area contributed by atoms with E-state index < -0.39 is 6.61 Å². The summed E-state index contributed by atoms with van der Waals surface area (Å²) in [6.07, 6.45) is 0. The third kappa shape index (κ3) is 6.78. The van der Waals surface area contributed by atoms with E-state index in [4.69, 9.17) is 4.74 Å². The molecule has 120 valence electrons. The summed E-state index contributed by atoms with van der Waals surface area (Å²) in [5.74, 6) is 1.26. The fourth-order valence-corrected chi connectivity index (χ4v) is 1.60. The monoisotopic (exact) mass is 415 g/mol. The van der Waals surface area contributed by atoms with Crippen molar-refractivity contribution in [3.63, 3.8) is 0 Å². The summed E-state index contributed by atoms with van der Waals surface area (Å²) >= 11 is 0. The number of halogens is 3. The van der Waals surface area contributed by atoms with Crippen molar-refractivity contribution in [2.24, 2.45) is 4.99 Å². The molecule has 0 aliphatic carbocycles. The largest absolute Gasteiger partial charge is 0.497 e. The van der Waals surface area contributed by atoms with Crippen LogP contribution in [-0.4, -0.2) is 33.3 Å². The Kier molecular flexibility index (Phi) is 9.76. The van der Waals surface area contributed by atoms with Gasteiger partial charge >= 0.3 is 6.61 Å². The average molecular weight is 415 g/mol. The molecule has 0 saturated heterocycles. The molecule has 0 aliphatic heterocycles. The van der Waals surface area contributed by atoms with E-state index in [-0.39, 0.29) is 29.7 Å². The Labute approximate surface area is 140 Å². The van der Waals surface area contributed by atoms with Crippen LogP contribution in [0.5, 0.6) is 11.5 Å². The van der Waals surface area contributed by atoms with Gasteiger partial charge in [-0.2, -0.15) is 8.78 Å². The molecule has 0 atom stereocenters. The maximum absolute atomic E-state index is 12.4. The number of benzene rings is 1. The van der Waals surface area contributed by atoms with E-state index >= 15 is 0 Å². The number of hydrogen-bond donors (Lipinski definition) is 2. The van der Waals surface area contributed by atoms with Gasteiger partial charge in [0.05, 0.1) is 7.11 Å². The van der Waals surface area contributed by atoms with Crippen LogP contribution in [0.2, 0.25) is 0 Å². The zero-order valence-electron chi connectivity index (χ0n) is 12.2. The first kappa shape index (κ1) is 19.7. The SMILES string of the molecule is CCNC(=NC)NCc1cc(OC)ccc1OC(F)F.I. The van der Waals surface area contributed by atoms with Crippen LogP contribution in [-0.2, 0) is 6.54 Å². The van der Waals surface area contributed by atoms with E-state index in [2.05, 4.69) is 20.4 Å². The van der Waals surface area contributed by atoms with E-state index in [0.717, 1.165) is 0 Å². The molecular formula is C13H20F2IN3O2.